The van der Waals surface area contributed by atoms with Crippen molar-refractivity contribution in [3.05, 3.63) is 59.7 Å². The van der Waals surface area contributed by atoms with Gasteiger partial charge in [-0.25, -0.2) is 4.79 Å². The highest BCUT2D eigenvalue weighted by Crippen LogP contribution is 2.24. The molecule has 0 aliphatic carbocycles. The molecule has 94 valence electrons. The average molecular weight is 270 g/mol. The lowest BCUT2D eigenvalue weighted by Gasteiger charge is -2.07. The van der Waals surface area contributed by atoms with E-state index in [-0.39, 0.29) is 5.56 Å². The second kappa shape index (κ2) is 5.94. The third-order valence-corrected chi connectivity index (χ3v) is 3.32. The van der Waals surface area contributed by atoms with E-state index in [1.165, 1.54) is 11.9 Å². The van der Waals surface area contributed by atoms with Crippen LogP contribution in [0.4, 0.5) is 5.69 Å². The Labute approximate surface area is 114 Å². The van der Waals surface area contributed by atoms with Gasteiger partial charge in [-0.05, 0) is 48.3 Å². The molecule has 4 nitrogen and oxygen atoms in total. The van der Waals surface area contributed by atoms with Gasteiger partial charge in [-0.15, -0.1) is 0 Å². The lowest BCUT2D eigenvalue weighted by molar-refractivity contribution is 0.0693. The van der Waals surface area contributed by atoms with E-state index in [0.717, 1.165) is 5.69 Å². The normalized spacial score (nSPS) is 9.63. The highest BCUT2D eigenvalue weighted by molar-refractivity contribution is 8.00. The van der Waals surface area contributed by atoms with E-state index in [4.69, 9.17) is 10.4 Å². The standard InChI is InChI=1S/C14H10N2O2S/c15-9-10-5-7-11(8-6-10)16-19-13-4-2-1-3-12(13)14(17)18/h1-8,16H,(H,17,18). The van der Waals surface area contributed by atoms with Gasteiger partial charge in [-0.1, -0.05) is 12.1 Å². The van der Waals surface area contributed by atoms with Crippen molar-refractivity contribution >= 4 is 23.6 Å². The molecule has 0 saturated carbocycles. The molecule has 2 aromatic carbocycles. The van der Waals surface area contributed by atoms with Crippen LogP contribution in [0.3, 0.4) is 0 Å². The van der Waals surface area contributed by atoms with E-state index in [1.54, 1.807) is 48.5 Å². The first-order chi connectivity index (χ1) is 9.20. The van der Waals surface area contributed by atoms with E-state index in [2.05, 4.69) is 4.72 Å². The number of rotatable bonds is 4. The molecule has 2 rings (SSSR count). The molecule has 0 spiro atoms. The number of carbonyl (C=O) groups is 1. The Morgan fingerprint density at radius 3 is 2.47 bits per heavy atom. The van der Waals surface area contributed by atoms with Crippen molar-refractivity contribution in [1.82, 2.24) is 0 Å². The zero-order valence-corrected chi connectivity index (χ0v) is 10.6. The molecular weight excluding hydrogens is 260 g/mol. The Hall–Kier alpha value is -2.45. The number of hydrogen-bond donors (Lipinski definition) is 2. The summed E-state index contributed by atoms with van der Waals surface area (Å²) in [7, 11) is 0. The molecule has 0 unspecified atom stereocenters. The fraction of sp³-hybridized carbons (Fsp3) is 0. The number of anilines is 1. The highest BCUT2D eigenvalue weighted by Gasteiger charge is 2.09. The summed E-state index contributed by atoms with van der Waals surface area (Å²) in [5.74, 6) is -0.954. The molecule has 2 aromatic rings. The predicted octanol–water partition coefficient (Wildman–Crippen LogP) is 3.38. The molecule has 0 aliphatic heterocycles. The molecule has 0 bridgehead atoms. The molecule has 0 radical (unpaired) electrons. The Kier molecular flexibility index (Phi) is 4.06. The first kappa shape index (κ1) is 13.0. The van der Waals surface area contributed by atoms with Gasteiger partial charge in [0.2, 0.25) is 0 Å². The molecule has 0 aliphatic rings. The Morgan fingerprint density at radius 1 is 1.16 bits per heavy atom. The topological polar surface area (TPSA) is 73.1 Å². The van der Waals surface area contributed by atoms with Crippen molar-refractivity contribution < 1.29 is 9.90 Å². The van der Waals surface area contributed by atoms with Gasteiger partial charge in [0.25, 0.3) is 0 Å². The van der Waals surface area contributed by atoms with Crippen molar-refractivity contribution in [2.75, 3.05) is 4.72 Å². The van der Waals surface area contributed by atoms with E-state index < -0.39 is 5.97 Å². The molecule has 2 N–H and O–H groups in total. The van der Waals surface area contributed by atoms with E-state index in [9.17, 15) is 4.79 Å². The maximum atomic E-state index is 11.0. The minimum atomic E-state index is -0.954. The lowest BCUT2D eigenvalue weighted by Crippen LogP contribution is -1.99. The second-order valence-corrected chi connectivity index (χ2v) is 4.54. The number of benzene rings is 2. The van der Waals surface area contributed by atoms with Gasteiger partial charge in [0.15, 0.2) is 0 Å². The quantitative estimate of drug-likeness (QED) is 0.833. The number of hydrogen-bond acceptors (Lipinski definition) is 4. The third-order valence-electron chi connectivity index (χ3n) is 2.41. The molecule has 0 fully saturated rings. The van der Waals surface area contributed by atoms with Gasteiger partial charge in [-0.3, -0.25) is 0 Å². The minimum absolute atomic E-state index is 0.258. The van der Waals surface area contributed by atoms with Crippen molar-refractivity contribution in [3.63, 3.8) is 0 Å². The first-order valence-electron chi connectivity index (χ1n) is 5.46. The van der Waals surface area contributed by atoms with Crippen LogP contribution in [0, 0.1) is 11.3 Å². The van der Waals surface area contributed by atoms with Gasteiger partial charge in [0.1, 0.15) is 0 Å². The Bertz CT molecular complexity index is 633. The fourth-order valence-corrected chi connectivity index (χ4v) is 2.23. The number of nitriles is 1. The van der Waals surface area contributed by atoms with E-state index in [0.29, 0.717) is 10.5 Å². The smallest absolute Gasteiger partial charge is 0.336 e. The molecule has 0 amide bonds. The monoisotopic (exact) mass is 270 g/mol. The SMILES string of the molecule is N#Cc1ccc(NSc2ccccc2C(=O)O)cc1. The number of carboxylic acids is 1. The van der Waals surface area contributed by atoms with Gasteiger partial charge in [0.05, 0.1) is 17.2 Å². The summed E-state index contributed by atoms with van der Waals surface area (Å²) in [5.41, 5.74) is 1.65. The number of nitrogens with one attached hydrogen (secondary N) is 1. The third kappa shape index (κ3) is 3.27. The Balaban J connectivity index is 2.10. The van der Waals surface area contributed by atoms with Crippen molar-refractivity contribution in [1.29, 1.82) is 5.26 Å². The molecule has 5 heteroatoms. The maximum Gasteiger partial charge on any atom is 0.336 e. The van der Waals surface area contributed by atoms with Crippen LogP contribution >= 0.6 is 11.9 Å². The molecule has 19 heavy (non-hydrogen) atoms. The van der Waals surface area contributed by atoms with E-state index in [1.807, 2.05) is 6.07 Å². The predicted molar refractivity (Wildman–Crippen MR) is 74.0 cm³/mol. The Morgan fingerprint density at radius 2 is 1.84 bits per heavy atom. The van der Waals surface area contributed by atoms with Crippen LogP contribution < -0.4 is 4.72 Å². The van der Waals surface area contributed by atoms with Crippen LogP contribution in [0.5, 0.6) is 0 Å². The summed E-state index contributed by atoms with van der Waals surface area (Å²) in [6.07, 6.45) is 0. The van der Waals surface area contributed by atoms with Crippen LogP contribution in [-0.4, -0.2) is 11.1 Å². The zero-order chi connectivity index (χ0) is 13.7. The largest absolute Gasteiger partial charge is 0.478 e. The summed E-state index contributed by atoms with van der Waals surface area (Å²) in [6, 6.07) is 15.8. The van der Waals surface area contributed by atoms with Gasteiger partial charge >= 0.3 is 5.97 Å². The molecule has 0 saturated heterocycles. The van der Waals surface area contributed by atoms with Gasteiger partial charge in [-0.2, -0.15) is 5.26 Å². The van der Waals surface area contributed by atoms with Crippen LogP contribution in [-0.2, 0) is 0 Å². The molecular formula is C14H10N2O2S. The van der Waals surface area contributed by atoms with Crippen LogP contribution in [0.1, 0.15) is 15.9 Å². The minimum Gasteiger partial charge on any atom is -0.478 e. The first-order valence-corrected chi connectivity index (χ1v) is 6.27. The van der Waals surface area contributed by atoms with Crippen molar-refractivity contribution in [3.8, 4) is 6.07 Å². The summed E-state index contributed by atoms with van der Waals surface area (Å²) < 4.78 is 3.05. The summed E-state index contributed by atoms with van der Waals surface area (Å²) in [6.45, 7) is 0. The molecule has 0 atom stereocenters. The molecule has 0 heterocycles. The number of aromatic carboxylic acids is 1. The van der Waals surface area contributed by atoms with Gasteiger partial charge < -0.3 is 9.83 Å². The number of nitrogens with zero attached hydrogens (tertiary/aromatic N) is 1. The lowest BCUT2D eigenvalue weighted by atomic mass is 10.2. The summed E-state index contributed by atoms with van der Waals surface area (Å²) in [4.78, 5) is 11.7. The highest BCUT2D eigenvalue weighted by atomic mass is 32.2. The maximum absolute atomic E-state index is 11.0. The number of carboxylic acid groups (broad SMARTS) is 1. The summed E-state index contributed by atoms with van der Waals surface area (Å²) >= 11 is 1.23. The summed E-state index contributed by atoms with van der Waals surface area (Å²) in [5, 5.41) is 17.7. The zero-order valence-electron chi connectivity index (χ0n) is 9.83. The van der Waals surface area contributed by atoms with Crippen molar-refractivity contribution in [2.24, 2.45) is 0 Å². The average Bonchev–Trinajstić information content (AvgIpc) is 2.46. The van der Waals surface area contributed by atoms with E-state index >= 15 is 0 Å². The van der Waals surface area contributed by atoms with Crippen LogP contribution in [0.15, 0.2) is 53.4 Å². The van der Waals surface area contributed by atoms with Gasteiger partial charge in [0, 0.05) is 10.6 Å². The van der Waals surface area contributed by atoms with Crippen molar-refractivity contribution in [2.45, 2.75) is 4.90 Å². The van der Waals surface area contributed by atoms with Crippen LogP contribution in [0.2, 0.25) is 0 Å². The van der Waals surface area contributed by atoms with Crippen LogP contribution in [0.25, 0.3) is 0 Å². The fourth-order valence-electron chi connectivity index (χ4n) is 1.46. The molecule has 0 aromatic heterocycles. The second-order valence-electron chi connectivity index (χ2n) is 3.69.